The molecule has 31 heavy (non-hydrogen) atoms. The number of nitrogens with zero attached hydrogens (tertiary/aromatic N) is 1. The van der Waals surface area contributed by atoms with Crippen molar-refractivity contribution < 1.29 is 14.3 Å². The lowest BCUT2D eigenvalue weighted by molar-refractivity contribution is -0.130. The molecule has 2 atom stereocenters. The Kier molecular flexibility index (Phi) is 5.72. The van der Waals surface area contributed by atoms with Crippen LogP contribution in [-0.4, -0.2) is 49.6 Å². The van der Waals surface area contributed by atoms with Crippen molar-refractivity contribution in [2.75, 3.05) is 26.2 Å². The second-order valence-electron chi connectivity index (χ2n) is 8.13. The minimum atomic E-state index is -0.209. The number of amides is 1. The van der Waals surface area contributed by atoms with Crippen molar-refractivity contribution in [2.45, 2.75) is 32.3 Å². The van der Waals surface area contributed by atoms with Gasteiger partial charge in [0.2, 0.25) is 5.91 Å². The fraction of sp³-hybridized carbons (Fsp3) is 0.346. The molecular weight excluding hydrogens is 388 g/mol. The van der Waals surface area contributed by atoms with Crippen LogP contribution in [0.5, 0.6) is 0 Å². The highest BCUT2D eigenvalue weighted by Gasteiger charge is 2.40. The van der Waals surface area contributed by atoms with Crippen molar-refractivity contribution in [2.24, 2.45) is 0 Å². The third-order valence-corrected chi connectivity index (χ3v) is 6.21. The summed E-state index contributed by atoms with van der Waals surface area (Å²) in [5, 5.41) is 3.14. The molecule has 1 aliphatic carbocycles. The largest absolute Gasteiger partial charge is 0.349 e. The van der Waals surface area contributed by atoms with E-state index < -0.39 is 0 Å². The van der Waals surface area contributed by atoms with E-state index in [1.165, 1.54) is 33.4 Å². The Morgan fingerprint density at radius 3 is 2.26 bits per heavy atom. The predicted octanol–water partition coefficient (Wildman–Crippen LogP) is 3.90. The van der Waals surface area contributed by atoms with E-state index in [9.17, 15) is 4.79 Å². The van der Waals surface area contributed by atoms with E-state index in [0.717, 1.165) is 25.9 Å². The highest BCUT2D eigenvalue weighted by molar-refractivity contribution is 5.95. The highest BCUT2D eigenvalue weighted by atomic mass is 16.8. The second kappa shape index (κ2) is 8.79. The lowest BCUT2D eigenvalue weighted by Gasteiger charge is -2.30. The molecule has 0 saturated carbocycles. The number of ether oxygens (including phenoxy) is 2. The molecule has 1 amide bonds. The van der Waals surface area contributed by atoms with E-state index >= 15 is 0 Å². The SMILES string of the molecule is CCOC1OC1NCC(=O)N1CCC(=C2c3ccccc3C=Cc3ccccc32)CC1. The number of nitrogens with one attached hydrogen (secondary N) is 1. The van der Waals surface area contributed by atoms with Crippen molar-refractivity contribution in [1.29, 1.82) is 0 Å². The molecule has 2 fully saturated rings. The summed E-state index contributed by atoms with van der Waals surface area (Å²) in [6.45, 7) is 4.33. The molecule has 2 saturated heterocycles. The fourth-order valence-electron chi connectivity index (χ4n) is 4.56. The van der Waals surface area contributed by atoms with Crippen LogP contribution in [0.25, 0.3) is 17.7 Å². The van der Waals surface area contributed by atoms with Gasteiger partial charge in [-0.3, -0.25) is 10.1 Å². The van der Waals surface area contributed by atoms with Gasteiger partial charge in [0, 0.05) is 19.7 Å². The van der Waals surface area contributed by atoms with E-state index in [1.807, 2.05) is 11.8 Å². The number of carbonyl (C=O) groups is 1. The van der Waals surface area contributed by atoms with Crippen LogP contribution >= 0.6 is 0 Å². The molecule has 5 nitrogen and oxygen atoms in total. The molecule has 5 rings (SSSR count). The number of likely N-dealkylation sites (tertiary alicyclic amines) is 1. The Balaban J connectivity index is 1.32. The molecule has 2 aliphatic heterocycles. The predicted molar refractivity (Wildman–Crippen MR) is 122 cm³/mol. The Bertz CT molecular complexity index is 981. The van der Waals surface area contributed by atoms with Gasteiger partial charge >= 0.3 is 0 Å². The molecule has 0 radical (unpaired) electrons. The minimum absolute atomic E-state index is 0.123. The van der Waals surface area contributed by atoms with E-state index in [0.29, 0.717) is 6.61 Å². The number of hydrogen-bond donors (Lipinski definition) is 1. The average Bonchev–Trinajstić information content (AvgIpc) is 3.58. The number of fused-ring (bicyclic) bond motifs is 2. The average molecular weight is 417 g/mol. The topological polar surface area (TPSA) is 54.1 Å². The van der Waals surface area contributed by atoms with Crippen LogP contribution in [0.4, 0.5) is 0 Å². The van der Waals surface area contributed by atoms with Crippen LogP contribution in [0.3, 0.4) is 0 Å². The molecule has 0 aromatic heterocycles. The van der Waals surface area contributed by atoms with E-state index in [4.69, 9.17) is 9.47 Å². The standard InChI is InChI=1S/C26H28N2O3/c1-2-30-26-25(31-26)27-17-23(29)28-15-13-20(14-16-28)24-21-9-5-3-7-18(21)11-12-19-8-4-6-10-22(19)24/h3-12,25-27H,2,13-17H2,1H3. The maximum Gasteiger partial charge on any atom is 0.236 e. The molecular formula is C26H28N2O3. The zero-order chi connectivity index (χ0) is 21.2. The molecule has 2 aromatic rings. The normalized spacial score (nSPS) is 22.0. The van der Waals surface area contributed by atoms with Gasteiger partial charge in [-0.05, 0) is 47.6 Å². The number of rotatable bonds is 5. The van der Waals surface area contributed by atoms with Crippen LogP contribution in [0, 0.1) is 0 Å². The second-order valence-corrected chi connectivity index (χ2v) is 8.13. The number of hydrogen-bond acceptors (Lipinski definition) is 4. The fourth-order valence-corrected chi connectivity index (χ4v) is 4.56. The van der Waals surface area contributed by atoms with E-state index in [1.54, 1.807) is 0 Å². The summed E-state index contributed by atoms with van der Waals surface area (Å²) in [4.78, 5) is 14.6. The lowest BCUT2D eigenvalue weighted by atomic mass is 9.86. The van der Waals surface area contributed by atoms with Crippen molar-refractivity contribution in [3.05, 3.63) is 76.4 Å². The van der Waals surface area contributed by atoms with Crippen LogP contribution in [-0.2, 0) is 14.3 Å². The monoisotopic (exact) mass is 416 g/mol. The summed E-state index contributed by atoms with van der Waals surface area (Å²) in [6.07, 6.45) is 5.84. The Morgan fingerprint density at radius 2 is 1.65 bits per heavy atom. The van der Waals surface area contributed by atoms with Gasteiger partial charge in [0.25, 0.3) is 0 Å². The van der Waals surface area contributed by atoms with Gasteiger partial charge in [0.15, 0.2) is 12.5 Å². The summed E-state index contributed by atoms with van der Waals surface area (Å²) in [5.41, 5.74) is 7.84. The summed E-state index contributed by atoms with van der Waals surface area (Å²) >= 11 is 0. The van der Waals surface area contributed by atoms with Crippen LogP contribution < -0.4 is 5.32 Å². The zero-order valence-electron chi connectivity index (χ0n) is 17.8. The first-order valence-electron chi connectivity index (χ1n) is 11.1. The molecule has 2 aromatic carbocycles. The Labute approximate surface area is 183 Å². The van der Waals surface area contributed by atoms with E-state index in [2.05, 4.69) is 66.0 Å². The molecule has 160 valence electrons. The highest BCUT2D eigenvalue weighted by Crippen LogP contribution is 2.38. The number of benzene rings is 2. The summed E-state index contributed by atoms with van der Waals surface area (Å²) in [7, 11) is 0. The number of carbonyl (C=O) groups excluding carboxylic acids is 1. The lowest BCUT2D eigenvalue weighted by Crippen LogP contribution is -2.42. The van der Waals surface area contributed by atoms with Gasteiger partial charge in [-0.2, -0.15) is 0 Å². The van der Waals surface area contributed by atoms with Gasteiger partial charge in [-0.25, -0.2) is 0 Å². The van der Waals surface area contributed by atoms with Crippen LogP contribution in [0.1, 0.15) is 42.0 Å². The summed E-state index contributed by atoms with van der Waals surface area (Å²) in [5.74, 6) is 0.123. The van der Waals surface area contributed by atoms with Crippen LogP contribution in [0.15, 0.2) is 54.1 Å². The van der Waals surface area contributed by atoms with Crippen molar-refractivity contribution in [3.63, 3.8) is 0 Å². The molecule has 0 spiro atoms. The van der Waals surface area contributed by atoms with Crippen molar-refractivity contribution in [1.82, 2.24) is 10.2 Å². The van der Waals surface area contributed by atoms with Crippen LogP contribution in [0.2, 0.25) is 0 Å². The smallest absolute Gasteiger partial charge is 0.236 e. The quantitative estimate of drug-likeness (QED) is 0.641. The summed E-state index contributed by atoms with van der Waals surface area (Å²) < 4.78 is 10.7. The maximum atomic E-state index is 12.7. The van der Waals surface area contributed by atoms with E-state index in [-0.39, 0.29) is 25.0 Å². The first-order chi connectivity index (χ1) is 15.2. The molecule has 3 aliphatic rings. The van der Waals surface area contributed by atoms with Gasteiger partial charge in [0.05, 0.1) is 6.54 Å². The van der Waals surface area contributed by atoms with Crippen molar-refractivity contribution >= 4 is 23.6 Å². The van der Waals surface area contributed by atoms with Gasteiger partial charge in [-0.15, -0.1) is 0 Å². The first kappa shape index (κ1) is 20.2. The molecule has 2 unspecified atom stereocenters. The molecule has 2 heterocycles. The number of piperidine rings is 1. The molecule has 1 N–H and O–H groups in total. The van der Waals surface area contributed by atoms with Gasteiger partial charge < -0.3 is 14.4 Å². The number of epoxide rings is 1. The Hall–Kier alpha value is -2.73. The van der Waals surface area contributed by atoms with Gasteiger partial charge in [0.1, 0.15) is 0 Å². The molecule has 0 bridgehead atoms. The zero-order valence-corrected chi connectivity index (χ0v) is 17.8. The van der Waals surface area contributed by atoms with Crippen molar-refractivity contribution in [3.8, 4) is 0 Å². The Morgan fingerprint density at radius 1 is 1.03 bits per heavy atom. The summed E-state index contributed by atoms with van der Waals surface area (Å²) in [6, 6.07) is 17.2. The maximum absolute atomic E-state index is 12.7. The minimum Gasteiger partial charge on any atom is -0.349 e. The van der Waals surface area contributed by atoms with Gasteiger partial charge in [-0.1, -0.05) is 66.3 Å². The molecule has 5 heteroatoms. The third kappa shape index (κ3) is 4.22. The third-order valence-electron chi connectivity index (χ3n) is 6.21. The first-order valence-corrected chi connectivity index (χ1v) is 11.1.